The number of nitrogens with zero attached hydrogens (tertiary/aromatic N) is 2. The van der Waals surface area contributed by atoms with Crippen molar-refractivity contribution < 1.29 is 19.1 Å². The van der Waals surface area contributed by atoms with Crippen LogP contribution in [0.1, 0.15) is 15.9 Å². The van der Waals surface area contributed by atoms with Gasteiger partial charge >= 0.3 is 5.97 Å². The van der Waals surface area contributed by atoms with Crippen LogP contribution in [0.3, 0.4) is 0 Å². The third-order valence-corrected chi connectivity index (χ3v) is 4.67. The molecule has 2 rings (SSSR count). The first kappa shape index (κ1) is 21.0. The summed E-state index contributed by atoms with van der Waals surface area (Å²) in [6, 6.07) is 15.2. The number of amides is 2. The van der Waals surface area contributed by atoms with E-state index in [1.807, 2.05) is 6.07 Å². The lowest BCUT2D eigenvalue weighted by Gasteiger charge is -2.12. The van der Waals surface area contributed by atoms with Crippen molar-refractivity contribution in [2.75, 3.05) is 31.8 Å². The standard InChI is InChI=1S/C20H19N3O4S/c1-23(2)19(25)13-28-17-10-6-4-8-15(17)20(26)27-12-18(24)22-16-9-5-3-7-14(16)11-21/h3-10H,12-13H2,1-2H3,(H,22,24). The van der Waals surface area contributed by atoms with Crippen molar-refractivity contribution in [3.05, 3.63) is 59.7 Å². The van der Waals surface area contributed by atoms with E-state index in [0.717, 1.165) is 0 Å². The van der Waals surface area contributed by atoms with E-state index in [9.17, 15) is 14.4 Å². The smallest absolute Gasteiger partial charge is 0.339 e. The van der Waals surface area contributed by atoms with Crippen molar-refractivity contribution in [3.8, 4) is 6.07 Å². The predicted octanol–water partition coefficient (Wildman–Crippen LogP) is 2.53. The lowest BCUT2D eigenvalue weighted by molar-refractivity contribution is -0.125. The molecule has 8 heteroatoms. The third kappa shape index (κ3) is 5.86. The quantitative estimate of drug-likeness (QED) is 0.569. The molecule has 0 bridgehead atoms. The minimum atomic E-state index is -0.663. The Hall–Kier alpha value is -3.31. The highest BCUT2D eigenvalue weighted by Crippen LogP contribution is 2.23. The Kier molecular flexibility index (Phi) is 7.60. The van der Waals surface area contributed by atoms with Gasteiger partial charge in [-0.25, -0.2) is 4.79 Å². The fourth-order valence-corrected chi connectivity index (χ4v) is 3.13. The molecule has 0 saturated carbocycles. The first-order valence-electron chi connectivity index (χ1n) is 8.30. The van der Waals surface area contributed by atoms with Gasteiger partial charge in [0.1, 0.15) is 6.07 Å². The molecule has 0 heterocycles. The molecule has 7 nitrogen and oxygen atoms in total. The van der Waals surface area contributed by atoms with Crippen molar-refractivity contribution >= 4 is 35.2 Å². The molecular formula is C20H19N3O4S. The van der Waals surface area contributed by atoms with Gasteiger partial charge in [-0.1, -0.05) is 24.3 Å². The summed E-state index contributed by atoms with van der Waals surface area (Å²) in [5.41, 5.74) is 0.947. The Bertz CT molecular complexity index is 922. The predicted molar refractivity (Wildman–Crippen MR) is 106 cm³/mol. The lowest BCUT2D eigenvalue weighted by Crippen LogP contribution is -2.23. The summed E-state index contributed by atoms with van der Waals surface area (Å²) in [5.74, 6) is -1.11. The highest BCUT2D eigenvalue weighted by Gasteiger charge is 2.16. The molecule has 0 atom stereocenters. The number of benzene rings is 2. The van der Waals surface area contributed by atoms with Gasteiger partial charge in [-0.2, -0.15) is 5.26 Å². The number of nitrogens with one attached hydrogen (secondary N) is 1. The maximum atomic E-state index is 12.4. The van der Waals surface area contributed by atoms with Crippen molar-refractivity contribution in [2.45, 2.75) is 4.90 Å². The Labute approximate surface area is 167 Å². The summed E-state index contributed by atoms with van der Waals surface area (Å²) < 4.78 is 5.09. The van der Waals surface area contributed by atoms with Gasteiger partial charge in [0.25, 0.3) is 5.91 Å². The van der Waals surface area contributed by atoms with Crippen molar-refractivity contribution in [1.82, 2.24) is 4.90 Å². The van der Waals surface area contributed by atoms with Crippen LogP contribution < -0.4 is 5.32 Å². The van der Waals surface area contributed by atoms with Gasteiger partial charge in [0.15, 0.2) is 6.61 Å². The van der Waals surface area contributed by atoms with Gasteiger partial charge in [-0.15, -0.1) is 11.8 Å². The number of ether oxygens (including phenoxy) is 1. The number of rotatable bonds is 7. The molecule has 0 aromatic heterocycles. The molecule has 28 heavy (non-hydrogen) atoms. The summed E-state index contributed by atoms with van der Waals surface area (Å²) in [5, 5.41) is 11.6. The van der Waals surface area contributed by atoms with E-state index in [1.54, 1.807) is 62.6 Å². The first-order chi connectivity index (χ1) is 13.4. The van der Waals surface area contributed by atoms with Crippen molar-refractivity contribution in [3.63, 3.8) is 0 Å². The largest absolute Gasteiger partial charge is 0.452 e. The van der Waals surface area contributed by atoms with Crippen molar-refractivity contribution in [2.24, 2.45) is 0 Å². The highest BCUT2D eigenvalue weighted by atomic mass is 32.2. The van der Waals surface area contributed by atoms with Crippen LogP contribution in [-0.2, 0) is 14.3 Å². The fourth-order valence-electron chi connectivity index (χ4n) is 2.11. The fraction of sp³-hybridized carbons (Fsp3) is 0.200. The number of carbonyl (C=O) groups is 3. The van der Waals surface area contributed by atoms with Crippen LogP contribution in [0.15, 0.2) is 53.4 Å². The van der Waals surface area contributed by atoms with Crippen LogP contribution >= 0.6 is 11.8 Å². The maximum Gasteiger partial charge on any atom is 0.339 e. The molecule has 0 aliphatic heterocycles. The number of hydrogen-bond acceptors (Lipinski definition) is 6. The SMILES string of the molecule is CN(C)C(=O)CSc1ccccc1C(=O)OCC(=O)Nc1ccccc1C#N. The van der Waals surface area contributed by atoms with Gasteiger partial charge in [0, 0.05) is 19.0 Å². The topological polar surface area (TPSA) is 99.5 Å². The van der Waals surface area contributed by atoms with E-state index in [1.165, 1.54) is 16.7 Å². The molecule has 2 aromatic carbocycles. The molecule has 1 N–H and O–H groups in total. The molecule has 2 aromatic rings. The van der Waals surface area contributed by atoms with Crippen LogP contribution in [0.5, 0.6) is 0 Å². The second-order valence-electron chi connectivity index (χ2n) is 5.85. The molecular weight excluding hydrogens is 378 g/mol. The number of nitriles is 1. The normalized spacial score (nSPS) is 9.89. The summed E-state index contributed by atoms with van der Waals surface area (Å²) in [7, 11) is 3.32. The summed E-state index contributed by atoms with van der Waals surface area (Å²) in [6.07, 6.45) is 0. The van der Waals surface area contributed by atoms with Crippen LogP contribution in [0, 0.1) is 11.3 Å². The molecule has 0 unspecified atom stereocenters. The second-order valence-corrected chi connectivity index (χ2v) is 6.87. The minimum Gasteiger partial charge on any atom is -0.452 e. The summed E-state index contributed by atoms with van der Waals surface area (Å²) >= 11 is 1.22. The van der Waals surface area contributed by atoms with E-state index >= 15 is 0 Å². The molecule has 0 aliphatic carbocycles. The number of hydrogen-bond donors (Lipinski definition) is 1. The Balaban J connectivity index is 1.97. The zero-order valence-electron chi connectivity index (χ0n) is 15.5. The monoisotopic (exact) mass is 397 g/mol. The van der Waals surface area contributed by atoms with E-state index in [0.29, 0.717) is 16.1 Å². The zero-order valence-corrected chi connectivity index (χ0v) is 16.3. The van der Waals surface area contributed by atoms with Crippen LogP contribution in [0.4, 0.5) is 5.69 Å². The average molecular weight is 397 g/mol. The van der Waals surface area contributed by atoms with E-state index in [4.69, 9.17) is 10.00 Å². The van der Waals surface area contributed by atoms with E-state index in [-0.39, 0.29) is 17.2 Å². The molecule has 144 valence electrons. The molecule has 0 spiro atoms. The van der Waals surface area contributed by atoms with Crippen LogP contribution in [0.25, 0.3) is 0 Å². The number of thioether (sulfide) groups is 1. The summed E-state index contributed by atoms with van der Waals surface area (Å²) in [4.78, 5) is 38.2. The number of para-hydroxylation sites is 1. The molecule has 0 saturated heterocycles. The van der Waals surface area contributed by atoms with E-state index in [2.05, 4.69) is 5.32 Å². The van der Waals surface area contributed by atoms with Crippen LogP contribution in [0.2, 0.25) is 0 Å². The maximum absolute atomic E-state index is 12.4. The lowest BCUT2D eigenvalue weighted by atomic mass is 10.2. The van der Waals surface area contributed by atoms with Gasteiger partial charge in [0.05, 0.1) is 22.6 Å². The first-order valence-corrected chi connectivity index (χ1v) is 9.29. The van der Waals surface area contributed by atoms with Crippen LogP contribution in [-0.4, -0.2) is 49.1 Å². The highest BCUT2D eigenvalue weighted by molar-refractivity contribution is 8.00. The number of carbonyl (C=O) groups excluding carboxylic acids is 3. The third-order valence-electron chi connectivity index (χ3n) is 3.61. The Morgan fingerprint density at radius 2 is 1.79 bits per heavy atom. The van der Waals surface area contributed by atoms with Gasteiger partial charge in [0.2, 0.25) is 5.91 Å². The Morgan fingerprint density at radius 1 is 1.11 bits per heavy atom. The van der Waals surface area contributed by atoms with Gasteiger partial charge < -0.3 is 15.0 Å². The minimum absolute atomic E-state index is 0.0799. The summed E-state index contributed by atoms with van der Waals surface area (Å²) in [6.45, 7) is -0.492. The van der Waals surface area contributed by atoms with Crippen molar-refractivity contribution in [1.29, 1.82) is 5.26 Å². The number of anilines is 1. The number of esters is 1. The zero-order chi connectivity index (χ0) is 20.5. The van der Waals surface area contributed by atoms with Gasteiger partial charge in [-0.3, -0.25) is 9.59 Å². The van der Waals surface area contributed by atoms with E-state index < -0.39 is 18.5 Å². The second kappa shape index (κ2) is 10.1. The molecule has 0 aliphatic rings. The van der Waals surface area contributed by atoms with Gasteiger partial charge in [-0.05, 0) is 24.3 Å². The molecule has 0 fully saturated rings. The molecule has 0 radical (unpaired) electrons. The molecule has 2 amide bonds. The Morgan fingerprint density at radius 3 is 2.50 bits per heavy atom. The average Bonchev–Trinajstić information content (AvgIpc) is 2.70.